The minimum Gasteiger partial charge on any atom is -0.462 e. The first-order valence-electron chi connectivity index (χ1n) is 10.3. The Kier molecular flexibility index (Phi) is 9.39. The van der Waals surface area contributed by atoms with Crippen molar-refractivity contribution >= 4 is 0 Å². The number of rotatable bonds is 14. The molecule has 0 aliphatic carbocycles. The molecule has 2 aromatic rings. The van der Waals surface area contributed by atoms with Crippen LogP contribution in [0, 0.1) is 6.92 Å². The van der Waals surface area contributed by atoms with E-state index in [1.54, 1.807) is 7.11 Å². The number of aryl methyl sites for hydroxylation is 1. The van der Waals surface area contributed by atoms with Gasteiger partial charge in [-0.1, -0.05) is 42.0 Å². The van der Waals surface area contributed by atoms with Gasteiger partial charge in [0.05, 0.1) is 13.2 Å². The Morgan fingerprint density at radius 2 is 1.69 bits per heavy atom. The zero-order chi connectivity index (χ0) is 21.1. The first kappa shape index (κ1) is 23.1. The summed E-state index contributed by atoms with van der Waals surface area (Å²) in [6.07, 6.45) is 6.31. The lowest BCUT2D eigenvalue weighted by atomic mass is 9.89. The largest absolute Gasteiger partial charge is 0.462 e. The van der Waals surface area contributed by atoms with Gasteiger partial charge in [-0.25, -0.2) is 0 Å². The molecular weight excluding hydrogens is 362 g/mol. The molecule has 0 aliphatic rings. The number of ether oxygens (including phenoxy) is 1. The van der Waals surface area contributed by atoms with Crippen LogP contribution in [0.25, 0.3) is 0 Å². The number of methoxy groups -OCH3 is 1. The lowest BCUT2D eigenvalue weighted by Gasteiger charge is -2.25. The van der Waals surface area contributed by atoms with Crippen LogP contribution < -0.4 is 0 Å². The molecule has 0 aliphatic heterocycles. The summed E-state index contributed by atoms with van der Waals surface area (Å²) in [5.74, 6) is 1.47. The highest BCUT2D eigenvalue weighted by Gasteiger charge is 2.31. The number of aliphatic hydroxyl groups is 1. The van der Waals surface area contributed by atoms with Crippen molar-refractivity contribution in [2.75, 3.05) is 20.3 Å². The van der Waals surface area contributed by atoms with Crippen LogP contribution in [0.2, 0.25) is 0 Å². The van der Waals surface area contributed by atoms with Crippen molar-refractivity contribution in [3.63, 3.8) is 0 Å². The summed E-state index contributed by atoms with van der Waals surface area (Å²) in [6.45, 7) is 12.6. The maximum atomic E-state index is 11.2. The Bertz CT molecular complexity index is 736. The molecule has 0 unspecified atom stereocenters. The SMILES string of the molecule is C=CCCC(O)(CCC=C)c1ccc(CN(CCOC)Cc2ccc(C)cc2)o1. The molecule has 0 saturated heterocycles. The quantitative estimate of drug-likeness (QED) is 0.436. The third-order valence-electron chi connectivity index (χ3n) is 5.16. The molecule has 1 aromatic heterocycles. The highest BCUT2D eigenvalue weighted by Crippen LogP contribution is 2.33. The summed E-state index contributed by atoms with van der Waals surface area (Å²) in [4.78, 5) is 2.29. The summed E-state index contributed by atoms with van der Waals surface area (Å²) in [5, 5.41) is 11.2. The van der Waals surface area contributed by atoms with Gasteiger partial charge in [0.25, 0.3) is 0 Å². The van der Waals surface area contributed by atoms with Crippen LogP contribution in [0.1, 0.15) is 48.3 Å². The van der Waals surface area contributed by atoms with Gasteiger partial charge < -0.3 is 14.3 Å². The second-order valence-electron chi connectivity index (χ2n) is 7.64. The van der Waals surface area contributed by atoms with Crippen molar-refractivity contribution in [1.29, 1.82) is 0 Å². The molecule has 1 N–H and O–H groups in total. The molecule has 0 radical (unpaired) electrons. The fraction of sp³-hybridized carbons (Fsp3) is 0.440. The number of furan rings is 1. The third kappa shape index (κ3) is 7.32. The van der Waals surface area contributed by atoms with Crippen LogP contribution in [0.15, 0.2) is 66.1 Å². The summed E-state index contributed by atoms with van der Waals surface area (Å²) >= 11 is 0. The molecule has 0 fully saturated rings. The van der Waals surface area contributed by atoms with Crippen LogP contribution in [-0.4, -0.2) is 30.3 Å². The average Bonchev–Trinajstić information content (AvgIpc) is 3.20. The van der Waals surface area contributed by atoms with E-state index in [0.717, 1.165) is 31.7 Å². The predicted molar refractivity (Wildman–Crippen MR) is 119 cm³/mol. The Hall–Kier alpha value is -2.14. The second kappa shape index (κ2) is 11.8. The first-order chi connectivity index (χ1) is 14.0. The maximum Gasteiger partial charge on any atom is 0.135 e. The van der Waals surface area contributed by atoms with Gasteiger partial charge in [0.2, 0.25) is 0 Å². The molecule has 0 amide bonds. The Morgan fingerprint density at radius 3 is 2.28 bits per heavy atom. The summed E-state index contributed by atoms with van der Waals surface area (Å²) < 4.78 is 11.4. The zero-order valence-corrected chi connectivity index (χ0v) is 17.9. The van der Waals surface area contributed by atoms with Crippen LogP contribution in [-0.2, 0) is 23.4 Å². The van der Waals surface area contributed by atoms with E-state index in [2.05, 4.69) is 49.2 Å². The monoisotopic (exact) mass is 397 g/mol. The normalized spacial score (nSPS) is 11.7. The van der Waals surface area contributed by atoms with Gasteiger partial charge in [-0.05, 0) is 50.3 Å². The Morgan fingerprint density at radius 1 is 1.03 bits per heavy atom. The van der Waals surface area contributed by atoms with E-state index >= 15 is 0 Å². The number of benzene rings is 1. The molecular formula is C25H35NO3. The van der Waals surface area contributed by atoms with Gasteiger partial charge in [0.15, 0.2) is 0 Å². The van der Waals surface area contributed by atoms with Gasteiger partial charge in [0.1, 0.15) is 17.1 Å². The minimum absolute atomic E-state index is 0.591. The van der Waals surface area contributed by atoms with Gasteiger partial charge in [-0.3, -0.25) is 4.90 Å². The topological polar surface area (TPSA) is 45.8 Å². The average molecular weight is 398 g/mol. The molecule has 29 heavy (non-hydrogen) atoms. The van der Waals surface area contributed by atoms with Crippen LogP contribution in [0.5, 0.6) is 0 Å². The number of hydrogen-bond donors (Lipinski definition) is 1. The maximum absolute atomic E-state index is 11.2. The summed E-state index contributed by atoms with van der Waals surface area (Å²) in [6, 6.07) is 12.5. The summed E-state index contributed by atoms with van der Waals surface area (Å²) in [5.41, 5.74) is 1.52. The first-order valence-corrected chi connectivity index (χ1v) is 10.3. The molecule has 158 valence electrons. The highest BCUT2D eigenvalue weighted by molar-refractivity contribution is 5.21. The number of allylic oxidation sites excluding steroid dienone is 2. The molecule has 4 heteroatoms. The van der Waals surface area contributed by atoms with Crippen molar-refractivity contribution in [2.45, 2.75) is 51.3 Å². The molecule has 0 atom stereocenters. The van der Waals surface area contributed by atoms with Gasteiger partial charge in [-0.15, -0.1) is 13.2 Å². The smallest absolute Gasteiger partial charge is 0.135 e. The van der Waals surface area contributed by atoms with Gasteiger partial charge in [0, 0.05) is 20.2 Å². The predicted octanol–water partition coefficient (Wildman–Crippen LogP) is 5.36. The Balaban J connectivity index is 2.12. The molecule has 4 nitrogen and oxygen atoms in total. The summed E-state index contributed by atoms with van der Waals surface area (Å²) in [7, 11) is 1.72. The minimum atomic E-state index is -0.991. The highest BCUT2D eigenvalue weighted by atomic mass is 16.5. The number of nitrogens with zero attached hydrogens (tertiary/aromatic N) is 1. The van der Waals surface area contributed by atoms with E-state index < -0.39 is 5.60 Å². The molecule has 0 spiro atoms. The van der Waals surface area contributed by atoms with Crippen LogP contribution in [0.4, 0.5) is 0 Å². The fourth-order valence-electron chi connectivity index (χ4n) is 3.37. The van der Waals surface area contributed by atoms with Gasteiger partial charge in [-0.2, -0.15) is 0 Å². The van der Waals surface area contributed by atoms with Crippen LogP contribution in [0.3, 0.4) is 0 Å². The van der Waals surface area contributed by atoms with Crippen molar-refractivity contribution in [2.24, 2.45) is 0 Å². The van der Waals surface area contributed by atoms with Crippen molar-refractivity contribution in [3.8, 4) is 0 Å². The van der Waals surface area contributed by atoms with E-state index in [9.17, 15) is 5.11 Å². The molecule has 0 bridgehead atoms. The lowest BCUT2D eigenvalue weighted by molar-refractivity contribution is -0.00227. The van der Waals surface area contributed by atoms with Crippen molar-refractivity contribution in [3.05, 3.63) is 84.4 Å². The Labute approximate surface area is 175 Å². The van der Waals surface area contributed by atoms with E-state index in [0.29, 0.717) is 31.8 Å². The zero-order valence-electron chi connectivity index (χ0n) is 17.9. The molecule has 0 saturated carbocycles. The van der Waals surface area contributed by atoms with E-state index in [1.807, 2.05) is 24.3 Å². The lowest BCUT2D eigenvalue weighted by Crippen LogP contribution is -2.27. The van der Waals surface area contributed by atoms with E-state index in [4.69, 9.17) is 9.15 Å². The van der Waals surface area contributed by atoms with Gasteiger partial charge >= 0.3 is 0 Å². The van der Waals surface area contributed by atoms with E-state index in [1.165, 1.54) is 11.1 Å². The van der Waals surface area contributed by atoms with Crippen LogP contribution >= 0.6 is 0 Å². The third-order valence-corrected chi connectivity index (χ3v) is 5.16. The molecule has 1 heterocycles. The number of hydrogen-bond acceptors (Lipinski definition) is 4. The molecule has 2 rings (SSSR count). The van der Waals surface area contributed by atoms with Crippen molar-refractivity contribution < 1.29 is 14.3 Å². The van der Waals surface area contributed by atoms with Crippen molar-refractivity contribution in [1.82, 2.24) is 4.90 Å². The molecule has 1 aromatic carbocycles. The fourth-order valence-corrected chi connectivity index (χ4v) is 3.37. The standard InChI is InChI=1S/C25H35NO3/c1-5-7-15-25(27,16-8-6-2)24-14-13-23(29-24)20-26(17-18-28-4)19-22-11-9-21(3)10-12-22/h5-6,9-14,27H,1-2,7-8,15-20H2,3-4H3. The van der Waals surface area contributed by atoms with E-state index in [-0.39, 0.29) is 0 Å². The second-order valence-corrected chi connectivity index (χ2v) is 7.64.